The maximum Gasteiger partial charge on any atom is 0.239 e. The maximum atomic E-state index is 13.4. The van der Waals surface area contributed by atoms with Crippen molar-refractivity contribution in [2.24, 2.45) is 0 Å². The molecule has 2 amide bonds. The Morgan fingerprint density at radius 2 is 2.05 bits per heavy atom. The zero-order valence-electron chi connectivity index (χ0n) is 11.4. The van der Waals surface area contributed by atoms with Crippen molar-refractivity contribution in [3.8, 4) is 0 Å². The largest absolute Gasteiger partial charge is 0.350 e. The molecule has 0 radical (unpaired) electrons. The number of likely N-dealkylation sites (tertiary alicyclic amines) is 1. The zero-order valence-corrected chi connectivity index (χ0v) is 11.4. The lowest BCUT2D eigenvalue weighted by Crippen LogP contribution is -2.40. The average molecular weight is 278 g/mol. The van der Waals surface area contributed by atoms with Crippen molar-refractivity contribution >= 4 is 11.8 Å². The Bertz CT molecular complexity index is 491. The molecule has 1 aliphatic heterocycles. The van der Waals surface area contributed by atoms with E-state index >= 15 is 0 Å². The van der Waals surface area contributed by atoms with Crippen molar-refractivity contribution in [1.82, 2.24) is 10.2 Å². The van der Waals surface area contributed by atoms with Crippen LogP contribution < -0.4 is 5.32 Å². The van der Waals surface area contributed by atoms with E-state index in [9.17, 15) is 14.0 Å². The Morgan fingerprint density at radius 3 is 2.85 bits per heavy atom. The van der Waals surface area contributed by atoms with Gasteiger partial charge in [-0.15, -0.1) is 0 Å². The third kappa shape index (κ3) is 4.05. The number of nitrogens with zero attached hydrogens (tertiary/aromatic N) is 1. The minimum absolute atomic E-state index is 0.0311. The van der Waals surface area contributed by atoms with Crippen LogP contribution in [0.5, 0.6) is 0 Å². The summed E-state index contributed by atoms with van der Waals surface area (Å²) in [5, 5.41) is 2.66. The fraction of sp³-hybridized carbons (Fsp3) is 0.467. The highest BCUT2D eigenvalue weighted by Gasteiger charge is 2.19. The van der Waals surface area contributed by atoms with Gasteiger partial charge in [-0.25, -0.2) is 4.39 Å². The summed E-state index contributed by atoms with van der Waals surface area (Å²) in [4.78, 5) is 25.2. The molecular weight excluding hydrogens is 259 g/mol. The number of rotatable bonds is 4. The van der Waals surface area contributed by atoms with Crippen molar-refractivity contribution in [2.75, 3.05) is 13.1 Å². The first-order valence-electron chi connectivity index (χ1n) is 6.94. The number of benzene rings is 1. The molecule has 5 heteroatoms. The van der Waals surface area contributed by atoms with Crippen LogP contribution in [-0.4, -0.2) is 29.8 Å². The van der Waals surface area contributed by atoms with E-state index in [-0.39, 0.29) is 30.7 Å². The normalized spacial score (nSPS) is 15.8. The molecular formula is C15H19FN2O2. The number of amides is 2. The topological polar surface area (TPSA) is 49.4 Å². The zero-order chi connectivity index (χ0) is 14.4. The second-order valence-corrected chi connectivity index (χ2v) is 4.99. The Kier molecular flexibility index (Phi) is 5.09. The van der Waals surface area contributed by atoms with Gasteiger partial charge in [0.2, 0.25) is 11.8 Å². The Labute approximate surface area is 118 Å². The molecule has 20 heavy (non-hydrogen) atoms. The first kappa shape index (κ1) is 14.5. The lowest BCUT2D eigenvalue weighted by molar-refractivity contribution is -0.135. The summed E-state index contributed by atoms with van der Waals surface area (Å²) in [6.45, 7) is 0.840. The molecule has 0 atom stereocenters. The van der Waals surface area contributed by atoms with Gasteiger partial charge >= 0.3 is 0 Å². The highest BCUT2D eigenvalue weighted by Crippen LogP contribution is 2.11. The smallest absolute Gasteiger partial charge is 0.239 e. The summed E-state index contributed by atoms with van der Waals surface area (Å²) in [7, 11) is 0. The SMILES string of the molecule is O=C(CN1CCCCCC1=O)NCc1ccccc1F. The Hall–Kier alpha value is -1.91. The number of hydrogen-bond acceptors (Lipinski definition) is 2. The van der Waals surface area contributed by atoms with Gasteiger partial charge in [0.15, 0.2) is 0 Å². The van der Waals surface area contributed by atoms with Crippen LogP contribution in [0.1, 0.15) is 31.2 Å². The van der Waals surface area contributed by atoms with Crippen molar-refractivity contribution in [2.45, 2.75) is 32.2 Å². The minimum Gasteiger partial charge on any atom is -0.350 e. The third-order valence-electron chi connectivity index (χ3n) is 3.44. The molecule has 4 nitrogen and oxygen atoms in total. The number of carbonyl (C=O) groups excluding carboxylic acids is 2. The molecule has 1 aliphatic rings. The van der Waals surface area contributed by atoms with Crippen molar-refractivity contribution in [3.05, 3.63) is 35.6 Å². The molecule has 108 valence electrons. The summed E-state index contributed by atoms with van der Waals surface area (Å²) >= 11 is 0. The van der Waals surface area contributed by atoms with E-state index in [4.69, 9.17) is 0 Å². The lowest BCUT2D eigenvalue weighted by atomic mass is 10.2. The Morgan fingerprint density at radius 1 is 1.25 bits per heavy atom. The molecule has 0 spiro atoms. The van der Waals surface area contributed by atoms with Gasteiger partial charge in [0, 0.05) is 25.1 Å². The average Bonchev–Trinajstić information content (AvgIpc) is 2.63. The standard InChI is InChI=1S/C15H19FN2O2/c16-13-7-4-3-6-12(13)10-17-14(19)11-18-9-5-1-2-8-15(18)20/h3-4,6-7H,1-2,5,8-11H2,(H,17,19). The number of hydrogen-bond donors (Lipinski definition) is 1. The molecule has 0 bridgehead atoms. The number of nitrogens with one attached hydrogen (secondary N) is 1. The van der Waals surface area contributed by atoms with Crippen LogP contribution in [0.4, 0.5) is 4.39 Å². The summed E-state index contributed by atoms with van der Waals surface area (Å²) < 4.78 is 13.4. The predicted molar refractivity (Wildman–Crippen MR) is 73.3 cm³/mol. The summed E-state index contributed by atoms with van der Waals surface area (Å²) in [6.07, 6.45) is 3.37. The van der Waals surface area contributed by atoms with E-state index in [1.54, 1.807) is 23.1 Å². The second kappa shape index (κ2) is 7.03. The maximum absolute atomic E-state index is 13.4. The van der Waals surface area contributed by atoms with Gasteiger partial charge in [-0.1, -0.05) is 24.6 Å². The molecule has 1 aromatic rings. The molecule has 0 saturated carbocycles. The van der Waals surface area contributed by atoms with Crippen molar-refractivity contribution < 1.29 is 14.0 Å². The fourth-order valence-corrected chi connectivity index (χ4v) is 2.27. The first-order chi connectivity index (χ1) is 9.66. The molecule has 2 rings (SSSR count). The van der Waals surface area contributed by atoms with E-state index in [2.05, 4.69) is 5.32 Å². The second-order valence-electron chi connectivity index (χ2n) is 4.99. The van der Waals surface area contributed by atoms with Gasteiger partial charge in [0.25, 0.3) is 0 Å². The Balaban J connectivity index is 1.83. The van der Waals surface area contributed by atoms with Gasteiger partial charge < -0.3 is 10.2 Å². The van der Waals surface area contributed by atoms with E-state index < -0.39 is 0 Å². The van der Waals surface area contributed by atoms with E-state index in [0.717, 1.165) is 19.3 Å². The molecule has 1 aromatic carbocycles. The van der Waals surface area contributed by atoms with Gasteiger partial charge in [-0.2, -0.15) is 0 Å². The van der Waals surface area contributed by atoms with Crippen LogP contribution in [0.3, 0.4) is 0 Å². The molecule has 1 N–H and O–H groups in total. The lowest BCUT2D eigenvalue weighted by Gasteiger charge is -2.19. The van der Waals surface area contributed by atoms with E-state index in [1.807, 2.05) is 0 Å². The fourth-order valence-electron chi connectivity index (χ4n) is 2.27. The van der Waals surface area contributed by atoms with Crippen LogP contribution in [0.25, 0.3) is 0 Å². The number of halogens is 1. The molecule has 0 unspecified atom stereocenters. The summed E-state index contributed by atoms with van der Waals surface area (Å²) in [5.41, 5.74) is 0.447. The van der Waals surface area contributed by atoms with Crippen molar-refractivity contribution in [1.29, 1.82) is 0 Å². The number of carbonyl (C=O) groups is 2. The monoisotopic (exact) mass is 278 g/mol. The molecule has 1 saturated heterocycles. The minimum atomic E-state index is -0.335. The van der Waals surface area contributed by atoms with Crippen LogP contribution in [0.2, 0.25) is 0 Å². The van der Waals surface area contributed by atoms with Crippen LogP contribution in [-0.2, 0) is 16.1 Å². The molecule has 1 fully saturated rings. The molecule has 1 heterocycles. The van der Waals surface area contributed by atoms with Crippen LogP contribution >= 0.6 is 0 Å². The van der Waals surface area contributed by atoms with E-state index in [0.29, 0.717) is 18.5 Å². The highest BCUT2D eigenvalue weighted by atomic mass is 19.1. The quantitative estimate of drug-likeness (QED) is 0.913. The van der Waals surface area contributed by atoms with Gasteiger partial charge in [0.1, 0.15) is 5.82 Å². The van der Waals surface area contributed by atoms with Crippen molar-refractivity contribution in [3.63, 3.8) is 0 Å². The van der Waals surface area contributed by atoms with Gasteiger partial charge in [-0.3, -0.25) is 9.59 Å². The first-order valence-corrected chi connectivity index (χ1v) is 6.94. The molecule has 0 aromatic heterocycles. The molecule has 0 aliphatic carbocycles. The third-order valence-corrected chi connectivity index (χ3v) is 3.44. The van der Waals surface area contributed by atoms with Crippen LogP contribution in [0, 0.1) is 5.82 Å². The van der Waals surface area contributed by atoms with Gasteiger partial charge in [0.05, 0.1) is 6.54 Å². The van der Waals surface area contributed by atoms with E-state index in [1.165, 1.54) is 6.07 Å². The summed E-state index contributed by atoms with van der Waals surface area (Å²) in [5.74, 6) is -0.550. The van der Waals surface area contributed by atoms with Crippen LogP contribution in [0.15, 0.2) is 24.3 Å². The highest BCUT2D eigenvalue weighted by molar-refractivity contribution is 5.84. The van der Waals surface area contributed by atoms with Gasteiger partial charge in [-0.05, 0) is 18.9 Å². The predicted octanol–water partition coefficient (Wildman–Crippen LogP) is 1.84. The summed E-state index contributed by atoms with van der Waals surface area (Å²) in [6, 6.07) is 6.33.